The van der Waals surface area contributed by atoms with Gasteiger partial charge in [0, 0.05) is 30.8 Å². The van der Waals surface area contributed by atoms with Crippen LogP contribution in [0.5, 0.6) is 17.2 Å². The first-order valence-electron chi connectivity index (χ1n) is 10.2. The van der Waals surface area contributed by atoms with Crippen molar-refractivity contribution in [2.45, 2.75) is 46.3 Å². The first kappa shape index (κ1) is 24.1. The standard InChI is InChI=1S/C24H32N2O5/c1-16(2)25-24(28)18(4)26(14-19-9-7-8-17(3)10-19)23(27)15-31-22-12-20(29-5)11-21(13-22)30-6/h7-13,16,18H,14-15H2,1-6H3,(H,25,28). The lowest BCUT2D eigenvalue weighted by Crippen LogP contribution is -2.50. The highest BCUT2D eigenvalue weighted by Crippen LogP contribution is 2.27. The molecule has 0 aliphatic carbocycles. The summed E-state index contributed by atoms with van der Waals surface area (Å²) in [7, 11) is 3.09. The van der Waals surface area contributed by atoms with E-state index >= 15 is 0 Å². The lowest BCUT2D eigenvalue weighted by atomic mass is 10.1. The van der Waals surface area contributed by atoms with E-state index in [2.05, 4.69) is 5.32 Å². The number of methoxy groups -OCH3 is 2. The molecule has 168 valence electrons. The zero-order valence-corrected chi connectivity index (χ0v) is 19.1. The van der Waals surface area contributed by atoms with Gasteiger partial charge in [-0.2, -0.15) is 0 Å². The van der Waals surface area contributed by atoms with Crippen LogP contribution in [0, 0.1) is 6.92 Å². The summed E-state index contributed by atoms with van der Waals surface area (Å²) >= 11 is 0. The number of nitrogens with one attached hydrogen (secondary N) is 1. The number of nitrogens with zero attached hydrogens (tertiary/aromatic N) is 1. The molecule has 0 aliphatic heterocycles. The molecule has 0 saturated carbocycles. The highest BCUT2D eigenvalue weighted by Gasteiger charge is 2.27. The highest BCUT2D eigenvalue weighted by atomic mass is 16.5. The van der Waals surface area contributed by atoms with Crippen LogP contribution < -0.4 is 19.5 Å². The van der Waals surface area contributed by atoms with E-state index in [9.17, 15) is 9.59 Å². The van der Waals surface area contributed by atoms with Gasteiger partial charge in [0.05, 0.1) is 14.2 Å². The van der Waals surface area contributed by atoms with Gasteiger partial charge in [-0.15, -0.1) is 0 Å². The van der Waals surface area contributed by atoms with E-state index in [-0.39, 0.29) is 24.5 Å². The van der Waals surface area contributed by atoms with Crippen LogP contribution in [-0.4, -0.2) is 49.6 Å². The van der Waals surface area contributed by atoms with Crippen molar-refractivity contribution in [1.29, 1.82) is 0 Å². The molecule has 0 bridgehead atoms. The van der Waals surface area contributed by atoms with E-state index in [1.807, 2.05) is 45.0 Å². The number of ether oxygens (including phenoxy) is 3. The third kappa shape index (κ3) is 7.20. The Balaban J connectivity index is 2.19. The zero-order chi connectivity index (χ0) is 23.0. The van der Waals surface area contributed by atoms with E-state index in [0.717, 1.165) is 11.1 Å². The Hall–Kier alpha value is -3.22. The minimum atomic E-state index is -0.654. The van der Waals surface area contributed by atoms with Crippen LogP contribution in [0.1, 0.15) is 31.9 Å². The van der Waals surface area contributed by atoms with E-state index in [4.69, 9.17) is 14.2 Å². The quantitative estimate of drug-likeness (QED) is 0.628. The van der Waals surface area contributed by atoms with E-state index in [1.54, 1.807) is 39.3 Å². The lowest BCUT2D eigenvalue weighted by molar-refractivity contribution is -0.142. The van der Waals surface area contributed by atoms with E-state index < -0.39 is 6.04 Å². The van der Waals surface area contributed by atoms with Crippen molar-refractivity contribution in [3.8, 4) is 17.2 Å². The van der Waals surface area contributed by atoms with Gasteiger partial charge < -0.3 is 24.4 Å². The molecule has 0 aromatic heterocycles. The summed E-state index contributed by atoms with van der Waals surface area (Å²) in [5.41, 5.74) is 2.03. The smallest absolute Gasteiger partial charge is 0.261 e. The summed E-state index contributed by atoms with van der Waals surface area (Å²) < 4.78 is 16.2. The Morgan fingerprint density at radius 1 is 0.968 bits per heavy atom. The van der Waals surface area contributed by atoms with Crippen LogP contribution in [-0.2, 0) is 16.1 Å². The molecule has 0 fully saturated rings. The van der Waals surface area contributed by atoms with Crippen molar-refractivity contribution in [3.63, 3.8) is 0 Å². The Morgan fingerprint density at radius 2 is 1.58 bits per heavy atom. The molecule has 2 aromatic carbocycles. The summed E-state index contributed by atoms with van der Waals surface area (Å²) in [6.07, 6.45) is 0. The predicted octanol–water partition coefficient (Wildman–Crippen LogP) is 3.33. The molecule has 7 nitrogen and oxygen atoms in total. The van der Waals surface area contributed by atoms with Crippen molar-refractivity contribution >= 4 is 11.8 Å². The second-order valence-electron chi connectivity index (χ2n) is 7.69. The first-order valence-corrected chi connectivity index (χ1v) is 10.2. The molecule has 1 unspecified atom stereocenters. The SMILES string of the molecule is COc1cc(OC)cc(OCC(=O)N(Cc2cccc(C)c2)C(C)C(=O)NC(C)C)c1. The Labute approximate surface area is 184 Å². The fourth-order valence-corrected chi connectivity index (χ4v) is 3.09. The Bertz CT molecular complexity index is 875. The fraction of sp³-hybridized carbons (Fsp3) is 0.417. The van der Waals surface area contributed by atoms with Gasteiger partial charge in [0.25, 0.3) is 5.91 Å². The summed E-state index contributed by atoms with van der Waals surface area (Å²) in [6, 6.07) is 12.3. The second-order valence-corrected chi connectivity index (χ2v) is 7.69. The maximum atomic E-state index is 13.1. The number of benzene rings is 2. The van der Waals surface area contributed by atoms with Gasteiger partial charge in [-0.05, 0) is 33.3 Å². The molecular weight excluding hydrogens is 396 g/mol. The molecule has 1 N–H and O–H groups in total. The molecule has 1 atom stereocenters. The molecule has 0 saturated heterocycles. The van der Waals surface area contributed by atoms with E-state index in [0.29, 0.717) is 23.8 Å². The second kappa shape index (κ2) is 11.2. The minimum absolute atomic E-state index is 0.0219. The van der Waals surface area contributed by atoms with Gasteiger partial charge in [0.1, 0.15) is 23.3 Å². The first-order chi connectivity index (χ1) is 14.7. The molecule has 7 heteroatoms. The average molecular weight is 429 g/mol. The Morgan fingerprint density at radius 3 is 2.13 bits per heavy atom. The summed E-state index contributed by atoms with van der Waals surface area (Å²) in [4.78, 5) is 27.3. The highest BCUT2D eigenvalue weighted by molar-refractivity contribution is 5.88. The zero-order valence-electron chi connectivity index (χ0n) is 19.1. The molecule has 2 aromatic rings. The van der Waals surface area contributed by atoms with Crippen LogP contribution in [0.15, 0.2) is 42.5 Å². The molecular formula is C24H32N2O5. The molecule has 0 spiro atoms. The largest absolute Gasteiger partial charge is 0.496 e. The summed E-state index contributed by atoms with van der Waals surface area (Å²) in [5.74, 6) is 1.05. The molecule has 0 aliphatic rings. The predicted molar refractivity (Wildman–Crippen MR) is 120 cm³/mol. The monoisotopic (exact) mass is 428 g/mol. The maximum Gasteiger partial charge on any atom is 0.261 e. The number of rotatable bonds is 10. The van der Waals surface area contributed by atoms with Crippen molar-refractivity contribution in [2.24, 2.45) is 0 Å². The van der Waals surface area contributed by atoms with E-state index in [1.165, 1.54) is 4.90 Å². The maximum absolute atomic E-state index is 13.1. The normalized spacial score (nSPS) is 11.6. The molecule has 0 radical (unpaired) electrons. The summed E-state index contributed by atoms with van der Waals surface area (Å²) in [6.45, 7) is 7.57. The van der Waals surface area contributed by atoms with Crippen molar-refractivity contribution in [3.05, 3.63) is 53.6 Å². The van der Waals surface area contributed by atoms with Crippen molar-refractivity contribution < 1.29 is 23.8 Å². The number of aryl methyl sites for hydroxylation is 1. The average Bonchev–Trinajstić information content (AvgIpc) is 2.74. The van der Waals surface area contributed by atoms with Gasteiger partial charge in [0.15, 0.2) is 6.61 Å². The van der Waals surface area contributed by atoms with Gasteiger partial charge in [-0.3, -0.25) is 9.59 Å². The topological polar surface area (TPSA) is 77.1 Å². The van der Waals surface area contributed by atoms with Crippen LogP contribution in [0.25, 0.3) is 0 Å². The van der Waals surface area contributed by atoms with Gasteiger partial charge >= 0.3 is 0 Å². The Kier molecular flexibility index (Phi) is 8.73. The number of hydrogen-bond acceptors (Lipinski definition) is 5. The van der Waals surface area contributed by atoms with Crippen LogP contribution in [0.4, 0.5) is 0 Å². The number of carbonyl (C=O) groups is 2. The van der Waals surface area contributed by atoms with Crippen LogP contribution >= 0.6 is 0 Å². The number of hydrogen-bond donors (Lipinski definition) is 1. The van der Waals surface area contributed by atoms with Crippen LogP contribution in [0.2, 0.25) is 0 Å². The number of amides is 2. The lowest BCUT2D eigenvalue weighted by Gasteiger charge is -2.29. The fourth-order valence-electron chi connectivity index (χ4n) is 3.09. The molecule has 31 heavy (non-hydrogen) atoms. The van der Waals surface area contributed by atoms with Crippen molar-refractivity contribution in [1.82, 2.24) is 10.2 Å². The van der Waals surface area contributed by atoms with Gasteiger partial charge in [0.2, 0.25) is 5.91 Å². The summed E-state index contributed by atoms with van der Waals surface area (Å²) in [5, 5.41) is 2.87. The van der Waals surface area contributed by atoms with Gasteiger partial charge in [-0.1, -0.05) is 29.8 Å². The van der Waals surface area contributed by atoms with Crippen LogP contribution in [0.3, 0.4) is 0 Å². The molecule has 2 rings (SSSR count). The minimum Gasteiger partial charge on any atom is -0.496 e. The van der Waals surface area contributed by atoms with Gasteiger partial charge in [-0.25, -0.2) is 0 Å². The molecule has 2 amide bonds. The molecule has 0 heterocycles. The van der Waals surface area contributed by atoms with Crippen molar-refractivity contribution in [2.75, 3.05) is 20.8 Å². The third-order valence-electron chi connectivity index (χ3n) is 4.72. The number of carbonyl (C=O) groups excluding carboxylic acids is 2. The third-order valence-corrected chi connectivity index (χ3v) is 4.72.